The maximum absolute atomic E-state index is 13.0. The van der Waals surface area contributed by atoms with Gasteiger partial charge in [-0.25, -0.2) is 4.39 Å². The fourth-order valence-electron chi connectivity index (χ4n) is 3.53. The van der Waals surface area contributed by atoms with E-state index in [4.69, 9.17) is 9.47 Å². The Morgan fingerprint density at radius 3 is 2.67 bits per heavy atom. The Labute approximate surface area is 178 Å². The molecule has 0 aliphatic carbocycles. The lowest BCUT2D eigenvalue weighted by atomic mass is 10.2. The number of nitrogens with one attached hydrogen (secondary N) is 1. The van der Waals surface area contributed by atoms with Crippen molar-refractivity contribution in [3.8, 4) is 5.75 Å². The zero-order chi connectivity index (χ0) is 18.4. The lowest BCUT2D eigenvalue weighted by Gasteiger charge is -2.32. The second kappa shape index (κ2) is 11.0. The molecule has 6 nitrogen and oxygen atoms in total. The zero-order valence-electron chi connectivity index (χ0n) is 16.1. The van der Waals surface area contributed by atoms with Crippen molar-refractivity contribution in [3.63, 3.8) is 0 Å². The summed E-state index contributed by atoms with van der Waals surface area (Å²) in [5.74, 6) is 1.33. The Hall–Kier alpha value is -1.13. The van der Waals surface area contributed by atoms with E-state index in [1.165, 1.54) is 12.1 Å². The second-order valence-corrected chi connectivity index (χ2v) is 6.85. The van der Waals surface area contributed by atoms with Gasteiger partial charge >= 0.3 is 0 Å². The molecule has 8 heteroatoms. The summed E-state index contributed by atoms with van der Waals surface area (Å²) in [5, 5.41) is 3.40. The zero-order valence-corrected chi connectivity index (χ0v) is 18.4. The minimum Gasteiger partial charge on any atom is -0.489 e. The van der Waals surface area contributed by atoms with Gasteiger partial charge in [0.2, 0.25) is 0 Å². The molecule has 2 aliphatic heterocycles. The van der Waals surface area contributed by atoms with Crippen molar-refractivity contribution in [2.75, 3.05) is 53.0 Å². The van der Waals surface area contributed by atoms with E-state index in [-0.39, 0.29) is 35.9 Å². The molecule has 2 unspecified atom stereocenters. The van der Waals surface area contributed by atoms with Crippen LogP contribution in [-0.2, 0) is 4.74 Å². The van der Waals surface area contributed by atoms with Gasteiger partial charge in [-0.3, -0.25) is 9.89 Å². The number of rotatable bonds is 5. The molecule has 27 heavy (non-hydrogen) atoms. The summed E-state index contributed by atoms with van der Waals surface area (Å²) in [6.07, 6.45) is 1.11. The molecule has 152 valence electrons. The SMILES string of the molecule is CN=C(NCC(C)Oc1ccc(F)cc1)N1CCC(N2CCOCC2)C1.I. The Morgan fingerprint density at radius 2 is 2.00 bits per heavy atom. The van der Waals surface area contributed by atoms with Gasteiger partial charge in [0.05, 0.1) is 19.8 Å². The van der Waals surface area contributed by atoms with Crippen LogP contribution < -0.4 is 10.1 Å². The molecule has 0 bridgehead atoms. The number of benzene rings is 1. The summed E-state index contributed by atoms with van der Waals surface area (Å²) in [7, 11) is 1.82. The predicted molar refractivity (Wildman–Crippen MR) is 116 cm³/mol. The summed E-state index contributed by atoms with van der Waals surface area (Å²) < 4.78 is 24.2. The van der Waals surface area contributed by atoms with E-state index >= 15 is 0 Å². The van der Waals surface area contributed by atoms with Gasteiger partial charge in [-0.1, -0.05) is 0 Å². The molecule has 0 spiro atoms. The van der Waals surface area contributed by atoms with Gasteiger partial charge in [0.1, 0.15) is 17.7 Å². The minimum atomic E-state index is -0.257. The third-order valence-electron chi connectivity index (χ3n) is 4.94. The number of nitrogens with zero attached hydrogens (tertiary/aromatic N) is 3. The largest absolute Gasteiger partial charge is 0.489 e. The molecule has 2 aliphatic rings. The van der Waals surface area contributed by atoms with Crippen LogP contribution in [0.2, 0.25) is 0 Å². The fraction of sp³-hybridized carbons (Fsp3) is 0.632. The van der Waals surface area contributed by atoms with Crippen LogP contribution in [0.3, 0.4) is 0 Å². The van der Waals surface area contributed by atoms with Crippen LogP contribution in [-0.4, -0.2) is 80.9 Å². The minimum absolute atomic E-state index is 0. The number of hydrogen-bond acceptors (Lipinski definition) is 4. The normalized spacial score (nSPS) is 22.3. The molecule has 2 atom stereocenters. The van der Waals surface area contributed by atoms with Crippen LogP contribution in [0.4, 0.5) is 4.39 Å². The van der Waals surface area contributed by atoms with Crippen molar-refractivity contribution in [1.82, 2.24) is 15.1 Å². The van der Waals surface area contributed by atoms with Gasteiger partial charge in [-0.2, -0.15) is 0 Å². The van der Waals surface area contributed by atoms with Crippen LogP contribution in [0.5, 0.6) is 5.75 Å². The van der Waals surface area contributed by atoms with Crippen LogP contribution in [0.15, 0.2) is 29.3 Å². The standard InChI is InChI=1S/C19H29FN4O2.HI/c1-15(26-18-5-3-16(20)4-6-18)13-22-19(21-2)24-8-7-17(14-24)23-9-11-25-12-10-23;/h3-6,15,17H,7-14H2,1-2H3,(H,21,22);1H. The number of aliphatic imine (C=N–C) groups is 1. The third-order valence-corrected chi connectivity index (χ3v) is 4.94. The van der Waals surface area contributed by atoms with Crippen molar-refractivity contribution in [1.29, 1.82) is 0 Å². The lowest BCUT2D eigenvalue weighted by Crippen LogP contribution is -2.47. The van der Waals surface area contributed by atoms with Crippen LogP contribution >= 0.6 is 24.0 Å². The number of hydrogen-bond donors (Lipinski definition) is 1. The summed E-state index contributed by atoms with van der Waals surface area (Å²) >= 11 is 0. The van der Waals surface area contributed by atoms with Gasteiger partial charge in [-0.15, -0.1) is 24.0 Å². The van der Waals surface area contributed by atoms with E-state index in [1.807, 2.05) is 14.0 Å². The van der Waals surface area contributed by atoms with Crippen LogP contribution in [0.25, 0.3) is 0 Å². The summed E-state index contributed by atoms with van der Waals surface area (Å²) in [4.78, 5) is 9.26. The smallest absolute Gasteiger partial charge is 0.193 e. The Morgan fingerprint density at radius 1 is 1.30 bits per heavy atom. The van der Waals surface area contributed by atoms with Crippen LogP contribution in [0.1, 0.15) is 13.3 Å². The topological polar surface area (TPSA) is 49.3 Å². The summed E-state index contributed by atoms with van der Waals surface area (Å²) in [5.41, 5.74) is 0. The molecule has 0 amide bonds. The first-order chi connectivity index (χ1) is 12.7. The molecule has 0 aromatic heterocycles. The van der Waals surface area contributed by atoms with Crippen molar-refractivity contribution >= 4 is 29.9 Å². The summed E-state index contributed by atoms with van der Waals surface area (Å²) in [6, 6.07) is 6.68. The first-order valence-corrected chi connectivity index (χ1v) is 9.35. The van der Waals surface area contributed by atoms with Crippen molar-refractivity contribution < 1.29 is 13.9 Å². The molecule has 2 fully saturated rings. The highest BCUT2D eigenvalue weighted by Crippen LogP contribution is 2.17. The molecule has 3 rings (SSSR count). The maximum atomic E-state index is 13.0. The molecule has 0 saturated carbocycles. The number of guanidine groups is 1. The molecule has 1 aromatic rings. The van der Waals surface area contributed by atoms with Gasteiger partial charge < -0.3 is 19.7 Å². The molecule has 1 N–H and O–H groups in total. The fourth-order valence-corrected chi connectivity index (χ4v) is 3.53. The number of ether oxygens (including phenoxy) is 2. The molecule has 1 aromatic carbocycles. The first-order valence-electron chi connectivity index (χ1n) is 9.35. The number of halogens is 2. The molecule has 0 radical (unpaired) electrons. The maximum Gasteiger partial charge on any atom is 0.193 e. The van der Waals surface area contributed by atoms with Gasteiger partial charge in [0.15, 0.2) is 5.96 Å². The van der Waals surface area contributed by atoms with E-state index < -0.39 is 0 Å². The molecule has 2 saturated heterocycles. The average Bonchev–Trinajstić information content (AvgIpc) is 3.15. The number of likely N-dealkylation sites (tertiary alicyclic amines) is 1. The monoisotopic (exact) mass is 492 g/mol. The van der Waals surface area contributed by atoms with Crippen LogP contribution in [0, 0.1) is 5.82 Å². The van der Waals surface area contributed by atoms with Gasteiger partial charge in [0.25, 0.3) is 0 Å². The Kier molecular flexibility index (Phi) is 9.04. The third kappa shape index (κ3) is 6.46. The van der Waals surface area contributed by atoms with E-state index in [1.54, 1.807) is 12.1 Å². The van der Waals surface area contributed by atoms with Gasteiger partial charge in [-0.05, 0) is 37.6 Å². The van der Waals surface area contributed by atoms with Gasteiger partial charge in [0, 0.05) is 39.3 Å². The Bertz CT molecular complexity index is 596. The van der Waals surface area contributed by atoms with E-state index in [9.17, 15) is 4.39 Å². The molecule has 2 heterocycles. The van der Waals surface area contributed by atoms with E-state index in [0.29, 0.717) is 18.3 Å². The highest BCUT2D eigenvalue weighted by molar-refractivity contribution is 14.0. The van der Waals surface area contributed by atoms with E-state index in [0.717, 1.165) is 51.8 Å². The predicted octanol–water partition coefficient (Wildman–Crippen LogP) is 2.19. The quantitative estimate of drug-likeness (QED) is 0.388. The highest BCUT2D eigenvalue weighted by atomic mass is 127. The average molecular weight is 492 g/mol. The molecular weight excluding hydrogens is 462 g/mol. The van der Waals surface area contributed by atoms with Crippen molar-refractivity contribution in [2.24, 2.45) is 4.99 Å². The highest BCUT2D eigenvalue weighted by Gasteiger charge is 2.30. The second-order valence-electron chi connectivity index (χ2n) is 6.85. The first kappa shape index (κ1) is 22.2. The number of morpholine rings is 1. The molecular formula is C19H30FIN4O2. The summed E-state index contributed by atoms with van der Waals surface area (Å²) in [6.45, 7) is 8.35. The van der Waals surface area contributed by atoms with Crippen molar-refractivity contribution in [3.05, 3.63) is 30.1 Å². The Balaban J connectivity index is 0.00000261. The lowest BCUT2D eigenvalue weighted by molar-refractivity contribution is 0.0194. The van der Waals surface area contributed by atoms with E-state index in [2.05, 4.69) is 20.1 Å². The van der Waals surface area contributed by atoms with Crippen molar-refractivity contribution in [2.45, 2.75) is 25.5 Å².